The molecule has 0 radical (unpaired) electrons. The topological polar surface area (TPSA) is 37.0 Å². The molecule has 1 aliphatic heterocycles. The van der Waals surface area contributed by atoms with Crippen LogP contribution in [0.2, 0.25) is 0 Å². The summed E-state index contributed by atoms with van der Waals surface area (Å²) in [7, 11) is 0. The van der Waals surface area contributed by atoms with Crippen molar-refractivity contribution in [1.29, 1.82) is 0 Å². The Bertz CT molecular complexity index is 600. The number of hydrogen-bond acceptors (Lipinski definition) is 3. The maximum atomic E-state index is 4.60. The molecule has 1 saturated heterocycles. The summed E-state index contributed by atoms with van der Waals surface area (Å²) in [6.45, 7) is 7.74. The molecule has 106 valence electrons. The van der Waals surface area contributed by atoms with Gasteiger partial charge in [0.15, 0.2) is 0 Å². The molecule has 3 heteroatoms. The van der Waals surface area contributed by atoms with Gasteiger partial charge in [0.25, 0.3) is 0 Å². The highest BCUT2D eigenvalue weighted by Crippen LogP contribution is 2.30. The summed E-state index contributed by atoms with van der Waals surface area (Å²) in [5, 5.41) is 8.33. The van der Waals surface area contributed by atoms with Gasteiger partial charge in [0.05, 0.1) is 5.52 Å². The number of hydrogen-bond donors (Lipinski definition) is 2. The number of aryl methyl sites for hydroxylation is 1. The monoisotopic (exact) mass is 269 g/mol. The van der Waals surface area contributed by atoms with Crippen molar-refractivity contribution in [2.45, 2.75) is 26.7 Å². The lowest BCUT2D eigenvalue weighted by atomic mass is 9.81. The molecule has 1 fully saturated rings. The summed E-state index contributed by atoms with van der Waals surface area (Å²) in [4.78, 5) is 4.60. The number of para-hydroxylation sites is 1. The van der Waals surface area contributed by atoms with Crippen LogP contribution in [0.1, 0.15) is 25.5 Å². The molecule has 20 heavy (non-hydrogen) atoms. The van der Waals surface area contributed by atoms with Crippen LogP contribution >= 0.6 is 0 Å². The van der Waals surface area contributed by atoms with Crippen LogP contribution < -0.4 is 10.6 Å². The molecule has 0 unspecified atom stereocenters. The van der Waals surface area contributed by atoms with Crippen molar-refractivity contribution in [2.75, 3.05) is 25.0 Å². The van der Waals surface area contributed by atoms with Crippen LogP contribution in [0.3, 0.4) is 0 Å². The van der Waals surface area contributed by atoms with Gasteiger partial charge in [0.1, 0.15) is 0 Å². The van der Waals surface area contributed by atoms with E-state index >= 15 is 0 Å². The second kappa shape index (κ2) is 5.41. The lowest BCUT2D eigenvalue weighted by Gasteiger charge is -2.34. The SMILES string of the molecule is Cc1cc(NCC2(C)CCNCC2)c2ccccc2n1. The fraction of sp³-hybridized carbons (Fsp3) is 0.471. The Hall–Kier alpha value is -1.61. The summed E-state index contributed by atoms with van der Waals surface area (Å²) in [6, 6.07) is 10.5. The van der Waals surface area contributed by atoms with E-state index in [1.807, 2.05) is 6.07 Å². The average Bonchev–Trinajstić information content (AvgIpc) is 2.45. The van der Waals surface area contributed by atoms with E-state index in [4.69, 9.17) is 0 Å². The summed E-state index contributed by atoms with van der Waals surface area (Å²) < 4.78 is 0. The summed E-state index contributed by atoms with van der Waals surface area (Å²) in [5.41, 5.74) is 3.75. The minimum absolute atomic E-state index is 0.392. The van der Waals surface area contributed by atoms with Crippen molar-refractivity contribution in [3.8, 4) is 0 Å². The first kappa shape index (κ1) is 13.4. The molecule has 0 bridgehead atoms. The Morgan fingerprint density at radius 1 is 1.25 bits per heavy atom. The molecule has 2 aromatic rings. The second-order valence-corrected chi connectivity index (χ2v) is 6.24. The number of fused-ring (bicyclic) bond motifs is 1. The van der Waals surface area contributed by atoms with Crippen molar-refractivity contribution in [3.63, 3.8) is 0 Å². The maximum absolute atomic E-state index is 4.60. The molecule has 0 amide bonds. The Morgan fingerprint density at radius 2 is 2.00 bits per heavy atom. The third-order valence-corrected chi connectivity index (χ3v) is 4.36. The number of aromatic nitrogens is 1. The minimum Gasteiger partial charge on any atom is -0.384 e. The minimum atomic E-state index is 0.392. The van der Waals surface area contributed by atoms with Crippen molar-refractivity contribution in [3.05, 3.63) is 36.0 Å². The lowest BCUT2D eigenvalue weighted by Crippen LogP contribution is -2.39. The molecular weight excluding hydrogens is 246 g/mol. The van der Waals surface area contributed by atoms with E-state index in [-0.39, 0.29) is 0 Å². The zero-order valence-corrected chi connectivity index (χ0v) is 12.4. The number of rotatable bonds is 3. The van der Waals surface area contributed by atoms with Gasteiger partial charge in [0.2, 0.25) is 0 Å². The fourth-order valence-electron chi connectivity index (χ4n) is 2.97. The molecule has 0 atom stereocenters. The smallest absolute Gasteiger partial charge is 0.0725 e. The fourth-order valence-corrected chi connectivity index (χ4v) is 2.97. The first-order valence-corrected chi connectivity index (χ1v) is 7.47. The van der Waals surface area contributed by atoms with Crippen LogP contribution in [0.15, 0.2) is 30.3 Å². The van der Waals surface area contributed by atoms with Gasteiger partial charge in [-0.05, 0) is 50.4 Å². The van der Waals surface area contributed by atoms with Crippen LogP contribution in [-0.2, 0) is 0 Å². The highest BCUT2D eigenvalue weighted by Gasteiger charge is 2.26. The van der Waals surface area contributed by atoms with E-state index in [0.29, 0.717) is 5.41 Å². The normalized spacial score (nSPS) is 18.1. The van der Waals surface area contributed by atoms with E-state index in [0.717, 1.165) is 30.8 Å². The third kappa shape index (κ3) is 2.78. The molecular formula is C17H23N3. The van der Waals surface area contributed by atoms with Gasteiger partial charge in [-0.1, -0.05) is 25.1 Å². The van der Waals surface area contributed by atoms with Gasteiger partial charge < -0.3 is 10.6 Å². The van der Waals surface area contributed by atoms with Crippen molar-refractivity contribution >= 4 is 16.6 Å². The highest BCUT2D eigenvalue weighted by atomic mass is 14.9. The Kier molecular flexibility index (Phi) is 3.62. The Balaban J connectivity index is 1.83. The molecule has 2 N–H and O–H groups in total. The maximum Gasteiger partial charge on any atom is 0.0725 e. The van der Waals surface area contributed by atoms with Crippen LogP contribution in [0.4, 0.5) is 5.69 Å². The molecule has 2 heterocycles. The van der Waals surface area contributed by atoms with Crippen LogP contribution in [0, 0.1) is 12.3 Å². The van der Waals surface area contributed by atoms with E-state index in [1.165, 1.54) is 23.9 Å². The van der Waals surface area contributed by atoms with Crippen LogP contribution in [-0.4, -0.2) is 24.6 Å². The third-order valence-electron chi connectivity index (χ3n) is 4.36. The lowest BCUT2D eigenvalue weighted by molar-refractivity contribution is 0.247. The molecule has 0 saturated carbocycles. The Morgan fingerprint density at radius 3 is 2.80 bits per heavy atom. The van der Waals surface area contributed by atoms with Gasteiger partial charge in [-0.2, -0.15) is 0 Å². The van der Waals surface area contributed by atoms with Gasteiger partial charge in [-0.15, -0.1) is 0 Å². The molecule has 1 aromatic carbocycles. The number of nitrogens with zero attached hydrogens (tertiary/aromatic N) is 1. The summed E-state index contributed by atoms with van der Waals surface area (Å²) >= 11 is 0. The van der Waals surface area contributed by atoms with E-state index in [1.54, 1.807) is 0 Å². The number of anilines is 1. The van der Waals surface area contributed by atoms with E-state index in [2.05, 4.69) is 53.7 Å². The summed E-state index contributed by atoms with van der Waals surface area (Å²) in [6.07, 6.45) is 2.48. The quantitative estimate of drug-likeness (QED) is 0.897. The van der Waals surface area contributed by atoms with Crippen LogP contribution in [0.25, 0.3) is 10.9 Å². The first-order valence-electron chi connectivity index (χ1n) is 7.47. The molecule has 3 rings (SSSR count). The standard InChI is InChI=1S/C17H23N3/c1-13-11-16(14-5-3-4-6-15(14)20-13)19-12-17(2)7-9-18-10-8-17/h3-6,11,18H,7-10,12H2,1-2H3,(H,19,20). The van der Waals surface area contributed by atoms with Gasteiger partial charge in [0, 0.05) is 23.3 Å². The molecule has 0 spiro atoms. The van der Waals surface area contributed by atoms with Crippen molar-refractivity contribution in [2.24, 2.45) is 5.41 Å². The predicted molar refractivity (Wildman–Crippen MR) is 85.2 cm³/mol. The molecule has 0 aliphatic carbocycles. The molecule has 1 aliphatic rings. The average molecular weight is 269 g/mol. The second-order valence-electron chi connectivity index (χ2n) is 6.24. The number of benzene rings is 1. The van der Waals surface area contributed by atoms with Crippen molar-refractivity contribution in [1.82, 2.24) is 10.3 Å². The van der Waals surface area contributed by atoms with Crippen molar-refractivity contribution < 1.29 is 0 Å². The summed E-state index contributed by atoms with van der Waals surface area (Å²) in [5.74, 6) is 0. The van der Waals surface area contributed by atoms with E-state index in [9.17, 15) is 0 Å². The molecule has 3 nitrogen and oxygen atoms in total. The zero-order valence-electron chi connectivity index (χ0n) is 12.4. The van der Waals surface area contributed by atoms with E-state index < -0.39 is 0 Å². The van der Waals surface area contributed by atoms with Gasteiger partial charge >= 0.3 is 0 Å². The predicted octanol–water partition coefficient (Wildman–Crippen LogP) is 3.34. The zero-order chi connectivity index (χ0) is 14.0. The number of pyridine rings is 1. The number of piperidine rings is 1. The molecule has 1 aromatic heterocycles. The first-order chi connectivity index (χ1) is 9.66. The van der Waals surface area contributed by atoms with Gasteiger partial charge in [-0.3, -0.25) is 4.98 Å². The highest BCUT2D eigenvalue weighted by molar-refractivity contribution is 5.91. The Labute approximate surface area is 120 Å². The largest absolute Gasteiger partial charge is 0.384 e. The number of nitrogens with one attached hydrogen (secondary N) is 2. The van der Waals surface area contributed by atoms with Crippen LogP contribution in [0.5, 0.6) is 0 Å². The van der Waals surface area contributed by atoms with Gasteiger partial charge in [-0.25, -0.2) is 0 Å².